The fourth-order valence-electron chi connectivity index (χ4n) is 10.2. The van der Waals surface area contributed by atoms with Gasteiger partial charge in [-0.3, -0.25) is 0 Å². The van der Waals surface area contributed by atoms with Crippen LogP contribution < -0.4 is 17.6 Å². The molecule has 0 atom stereocenters. The van der Waals surface area contributed by atoms with Crippen LogP contribution in [-0.2, 0) is 0 Å². The van der Waals surface area contributed by atoms with Crippen molar-refractivity contribution in [2.75, 3.05) is 0 Å². The molecule has 10 aromatic carbocycles. The first kappa shape index (κ1) is 42.4. The van der Waals surface area contributed by atoms with Crippen LogP contribution in [0.5, 0.6) is 0 Å². The number of hydrogen-bond acceptors (Lipinski definition) is 4. The van der Waals surface area contributed by atoms with Gasteiger partial charge in [0.15, 0.2) is 0 Å². The van der Waals surface area contributed by atoms with Crippen LogP contribution in [-0.4, -0.2) is 32.8 Å². The number of rotatable bonds is 10. The molecular formula is C64H43GeN5. The molecule has 2 aromatic heterocycles. The van der Waals surface area contributed by atoms with Gasteiger partial charge in [0, 0.05) is 0 Å². The summed E-state index contributed by atoms with van der Waals surface area (Å²) in [5, 5.41) is 12.4. The number of hydrogen-bond donors (Lipinski definition) is 0. The van der Waals surface area contributed by atoms with E-state index in [-0.39, 0.29) is 0 Å². The van der Waals surface area contributed by atoms with Crippen molar-refractivity contribution in [3.05, 3.63) is 266 Å². The van der Waals surface area contributed by atoms with Gasteiger partial charge in [-0.1, -0.05) is 30.3 Å². The Morgan fingerprint density at radius 2 is 0.800 bits per heavy atom. The molecule has 0 amide bonds. The first-order valence-electron chi connectivity index (χ1n) is 23.5. The molecule has 0 spiro atoms. The fourth-order valence-corrected chi connectivity index (χ4v) is 20.3. The first-order valence-corrected chi connectivity index (χ1v) is 27.7. The van der Waals surface area contributed by atoms with E-state index < -0.39 is 13.3 Å². The zero-order valence-electron chi connectivity index (χ0n) is 38.1. The van der Waals surface area contributed by atoms with Crippen LogP contribution >= 0.6 is 0 Å². The van der Waals surface area contributed by atoms with E-state index in [1.807, 2.05) is 84.9 Å². The average Bonchev–Trinajstić information content (AvgIpc) is 3.78. The molecule has 12 aromatic rings. The summed E-state index contributed by atoms with van der Waals surface area (Å²) in [4.78, 5) is 15.8. The molecule has 0 saturated heterocycles. The van der Waals surface area contributed by atoms with Crippen LogP contribution in [0.1, 0.15) is 5.56 Å². The van der Waals surface area contributed by atoms with Crippen molar-refractivity contribution in [2.45, 2.75) is 0 Å². The predicted octanol–water partition coefficient (Wildman–Crippen LogP) is 12.6. The monoisotopic (exact) mass is 955 g/mol. The molecule has 0 aliphatic carbocycles. The molecule has 12 rings (SSSR count). The molecule has 0 fully saturated rings. The summed E-state index contributed by atoms with van der Waals surface area (Å²) in [6, 6.07) is 94.9. The van der Waals surface area contributed by atoms with Crippen LogP contribution in [0.25, 0.3) is 83.9 Å². The van der Waals surface area contributed by atoms with Crippen molar-refractivity contribution in [1.29, 1.82) is 5.26 Å². The fraction of sp³-hybridized carbons (Fsp3) is 0. The minimum absolute atomic E-state index is 0.558. The summed E-state index contributed by atoms with van der Waals surface area (Å²) in [6.07, 6.45) is 0. The van der Waals surface area contributed by atoms with Crippen LogP contribution in [0.3, 0.4) is 0 Å². The summed E-state index contributed by atoms with van der Waals surface area (Å²) in [7, 11) is 0. The molecule has 5 nitrogen and oxygen atoms in total. The van der Waals surface area contributed by atoms with Gasteiger partial charge in [0.05, 0.1) is 11.6 Å². The van der Waals surface area contributed by atoms with Gasteiger partial charge in [0.25, 0.3) is 0 Å². The molecule has 2 heterocycles. The normalized spacial score (nSPS) is 11.4. The molecule has 0 saturated carbocycles. The molecule has 0 radical (unpaired) electrons. The van der Waals surface area contributed by atoms with E-state index in [0.717, 1.165) is 66.4 Å². The molecule has 0 aliphatic heterocycles. The molecule has 6 heteroatoms. The number of para-hydroxylation sites is 1. The maximum atomic E-state index is 10.2. The Morgan fingerprint density at radius 3 is 1.41 bits per heavy atom. The Kier molecular flexibility index (Phi) is 11.1. The third kappa shape index (κ3) is 7.48. The maximum absolute atomic E-state index is 10.2. The van der Waals surface area contributed by atoms with E-state index in [2.05, 4.69) is 187 Å². The Morgan fingerprint density at radius 1 is 0.329 bits per heavy atom. The second kappa shape index (κ2) is 18.3. The zero-order chi connectivity index (χ0) is 46.9. The third-order valence-corrected chi connectivity index (χ3v) is 23.5. The summed E-state index contributed by atoms with van der Waals surface area (Å²) in [5.74, 6) is 1.74. The number of nitrogens with zero attached hydrogens (tertiary/aromatic N) is 5. The van der Waals surface area contributed by atoms with E-state index in [1.54, 1.807) is 0 Å². The van der Waals surface area contributed by atoms with Gasteiger partial charge in [-0.15, -0.1) is 0 Å². The second-order valence-corrected chi connectivity index (χ2v) is 25.4. The quantitative estimate of drug-likeness (QED) is 0.128. The summed E-state index contributed by atoms with van der Waals surface area (Å²) in [6.45, 7) is 0. The molecule has 0 aliphatic rings. The Hall–Kier alpha value is -8.96. The standard InChI is InChI=1S/C64H43GeN5/c66-44-50-25-16-17-34-55(50)49-37-39-57-56-35-18-19-36-59(56)70(61(57)43-49)60-40-38-48(42-58(60)64-68-62(45-21-6-1-7-22-45)67-63(69-64)46-23-8-2-9-24-46)47-26-20-33-54(41-47)65(51-27-10-3-11-28-51,52-29-12-4-13-30-52)53-31-14-5-15-32-53/h1-43H. The number of nitriles is 1. The summed E-state index contributed by atoms with van der Waals surface area (Å²) < 4.78 is 7.76. The molecular weight excluding hydrogens is 911 g/mol. The van der Waals surface area contributed by atoms with Gasteiger partial charge in [-0.2, -0.15) is 5.26 Å². The SMILES string of the molecule is N#Cc1ccccc1-c1ccc2c3ccccc3n(-c3ccc(-c4ccc[c]([Ge]([c]5ccccc5)([c]5ccccc5)[c]5ccccc5)c4)cc3-c3nc(-c4ccccc4)nc(-c4ccccc4)n3)c2c1. The first-order chi connectivity index (χ1) is 34.7. The molecule has 328 valence electrons. The summed E-state index contributed by atoms with van der Waals surface area (Å²) in [5.41, 5.74) is 10.3. The Labute approximate surface area is 409 Å². The van der Waals surface area contributed by atoms with Crippen molar-refractivity contribution in [3.8, 4) is 68.2 Å². The van der Waals surface area contributed by atoms with E-state index >= 15 is 0 Å². The Balaban J connectivity index is 1.14. The van der Waals surface area contributed by atoms with Crippen molar-refractivity contribution >= 4 is 52.7 Å². The Bertz CT molecular complexity index is 3730. The average molecular weight is 955 g/mol. The summed E-state index contributed by atoms with van der Waals surface area (Å²) >= 11 is -3.62. The van der Waals surface area contributed by atoms with Crippen LogP contribution in [0, 0.1) is 11.3 Å². The van der Waals surface area contributed by atoms with Gasteiger partial charge in [0.2, 0.25) is 0 Å². The molecule has 0 N–H and O–H groups in total. The van der Waals surface area contributed by atoms with Gasteiger partial charge in [0.1, 0.15) is 0 Å². The number of benzene rings is 10. The molecule has 0 bridgehead atoms. The molecule has 70 heavy (non-hydrogen) atoms. The molecule has 0 unspecified atom stereocenters. The van der Waals surface area contributed by atoms with E-state index in [9.17, 15) is 5.26 Å². The van der Waals surface area contributed by atoms with Crippen LogP contribution in [0.15, 0.2) is 261 Å². The topological polar surface area (TPSA) is 67.4 Å². The van der Waals surface area contributed by atoms with Crippen molar-refractivity contribution in [3.63, 3.8) is 0 Å². The second-order valence-electron chi connectivity index (χ2n) is 17.4. The predicted molar refractivity (Wildman–Crippen MR) is 290 cm³/mol. The van der Waals surface area contributed by atoms with Crippen LogP contribution in [0.4, 0.5) is 0 Å². The number of aromatic nitrogens is 4. The van der Waals surface area contributed by atoms with Gasteiger partial charge >= 0.3 is 359 Å². The van der Waals surface area contributed by atoms with Crippen LogP contribution in [0.2, 0.25) is 0 Å². The van der Waals surface area contributed by atoms with Gasteiger partial charge in [-0.05, 0) is 6.07 Å². The zero-order valence-corrected chi connectivity index (χ0v) is 40.2. The van der Waals surface area contributed by atoms with Crippen molar-refractivity contribution in [1.82, 2.24) is 19.5 Å². The van der Waals surface area contributed by atoms with Gasteiger partial charge < -0.3 is 0 Å². The van der Waals surface area contributed by atoms with E-state index in [4.69, 9.17) is 15.0 Å². The van der Waals surface area contributed by atoms with E-state index in [1.165, 1.54) is 17.6 Å². The van der Waals surface area contributed by atoms with Crippen molar-refractivity contribution in [2.24, 2.45) is 0 Å². The minimum atomic E-state index is -3.62. The number of fused-ring (bicyclic) bond motifs is 3. The van der Waals surface area contributed by atoms with Crippen molar-refractivity contribution < 1.29 is 0 Å². The van der Waals surface area contributed by atoms with E-state index in [0.29, 0.717) is 23.0 Å². The van der Waals surface area contributed by atoms with Gasteiger partial charge in [-0.25, -0.2) is 0 Å². The third-order valence-electron chi connectivity index (χ3n) is 13.5.